The van der Waals surface area contributed by atoms with Gasteiger partial charge in [-0.25, -0.2) is 23.8 Å². The van der Waals surface area contributed by atoms with Crippen LogP contribution in [0.4, 0.5) is 14.7 Å². The maximum Gasteiger partial charge on any atom is 0.246 e. The lowest BCUT2D eigenvalue weighted by molar-refractivity contribution is -0.137. The topological polar surface area (TPSA) is 85.5 Å². The Morgan fingerprint density at radius 1 is 1.13 bits per heavy atom. The molecule has 0 spiro atoms. The van der Waals surface area contributed by atoms with Crippen LogP contribution >= 0.6 is 0 Å². The fraction of sp³-hybridized carbons (Fsp3) is 0.409. The number of halogens is 2. The van der Waals surface area contributed by atoms with E-state index < -0.39 is 17.7 Å². The van der Waals surface area contributed by atoms with Crippen molar-refractivity contribution in [3.63, 3.8) is 0 Å². The van der Waals surface area contributed by atoms with E-state index in [2.05, 4.69) is 20.0 Å². The molecular formula is C22H20F2N6O. The van der Waals surface area contributed by atoms with Crippen molar-refractivity contribution in [3.8, 4) is 6.07 Å². The third kappa shape index (κ3) is 3.63. The first-order valence-corrected chi connectivity index (χ1v) is 10.3. The maximum atomic E-state index is 13.7. The third-order valence-corrected chi connectivity index (χ3v) is 6.47. The van der Waals surface area contributed by atoms with Crippen molar-refractivity contribution in [2.24, 2.45) is 22.9 Å². The summed E-state index contributed by atoms with van der Waals surface area (Å²) < 4.78 is 27.3. The molecule has 3 aliphatic rings. The zero-order valence-corrected chi connectivity index (χ0v) is 16.7. The molecule has 1 aromatic heterocycles. The molecule has 1 saturated heterocycles. The molecule has 1 amide bonds. The van der Waals surface area contributed by atoms with E-state index in [9.17, 15) is 13.6 Å². The van der Waals surface area contributed by atoms with E-state index in [0.29, 0.717) is 35.5 Å². The number of hydrogen-bond acceptors (Lipinski definition) is 6. The molecule has 1 saturated carbocycles. The van der Waals surface area contributed by atoms with E-state index in [1.54, 1.807) is 18.5 Å². The van der Waals surface area contributed by atoms with E-state index >= 15 is 0 Å². The van der Waals surface area contributed by atoms with Crippen molar-refractivity contribution >= 4 is 18.1 Å². The minimum atomic E-state index is -0.660. The van der Waals surface area contributed by atoms with Gasteiger partial charge >= 0.3 is 0 Å². The highest BCUT2D eigenvalue weighted by Crippen LogP contribution is 2.44. The van der Waals surface area contributed by atoms with Gasteiger partial charge < -0.3 is 4.90 Å². The van der Waals surface area contributed by atoms with Gasteiger partial charge in [0, 0.05) is 43.9 Å². The van der Waals surface area contributed by atoms with E-state index in [1.807, 2.05) is 6.07 Å². The summed E-state index contributed by atoms with van der Waals surface area (Å²) >= 11 is 0. The van der Waals surface area contributed by atoms with Crippen LogP contribution in [0.15, 0.2) is 35.6 Å². The van der Waals surface area contributed by atoms with Crippen LogP contribution in [-0.2, 0) is 4.79 Å². The van der Waals surface area contributed by atoms with E-state index in [0.717, 1.165) is 32.0 Å². The maximum absolute atomic E-state index is 13.7. The molecule has 2 aromatic rings. The van der Waals surface area contributed by atoms with Crippen LogP contribution in [0.25, 0.3) is 0 Å². The Bertz CT molecular complexity index is 1070. The molecule has 9 heteroatoms. The van der Waals surface area contributed by atoms with Gasteiger partial charge in [-0.05, 0) is 48.4 Å². The molecule has 7 nitrogen and oxygen atoms in total. The van der Waals surface area contributed by atoms with Crippen LogP contribution in [0.2, 0.25) is 0 Å². The number of amides is 1. The fourth-order valence-corrected chi connectivity index (χ4v) is 5.09. The van der Waals surface area contributed by atoms with Gasteiger partial charge in [0.2, 0.25) is 11.9 Å². The molecule has 4 atom stereocenters. The standard InChI is InChI=1S/C22H20F2N6O/c23-17-7-13(8-18(24)9-17)20-2-4-27-30(20)21(31)14-5-15-11-29(12-16(15)6-14)22-26-3-1-19(10-25)28-22/h1,3-4,7-9,14-16,20H,2,5-6,11-12H2/t14-,15-,16+,20-/m1/s1. The Kier molecular flexibility index (Phi) is 4.85. The van der Waals surface area contributed by atoms with Crippen LogP contribution in [0.1, 0.15) is 36.6 Å². The average Bonchev–Trinajstić information content (AvgIpc) is 3.47. The normalized spacial score (nSPS) is 26.9. The van der Waals surface area contributed by atoms with Gasteiger partial charge in [-0.3, -0.25) is 4.79 Å². The fourth-order valence-electron chi connectivity index (χ4n) is 5.09. The van der Waals surface area contributed by atoms with Crippen molar-refractivity contribution in [3.05, 3.63) is 53.4 Å². The summed E-state index contributed by atoms with van der Waals surface area (Å²) in [4.78, 5) is 23.8. The number of nitriles is 1. The highest BCUT2D eigenvalue weighted by molar-refractivity contribution is 5.82. The molecule has 5 rings (SSSR count). The summed E-state index contributed by atoms with van der Waals surface area (Å²) in [6, 6.07) is 6.48. The Labute approximate surface area is 178 Å². The van der Waals surface area contributed by atoms with Crippen molar-refractivity contribution in [2.75, 3.05) is 18.0 Å². The second-order valence-electron chi connectivity index (χ2n) is 8.38. The molecule has 0 radical (unpaired) electrons. The molecular weight excluding hydrogens is 402 g/mol. The number of hydrazone groups is 1. The first-order chi connectivity index (χ1) is 15.0. The van der Waals surface area contributed by atoms with Crippen LogP contribution in [0, 0.1) is 40.7 Å². The molecule has 2 aliphatic heterocycles. The number of nitrogens with zero attached hydrogens (tertiary/aromatic N) is 6. The summed E-state index contributed by atoms with van der Waals surface area (Å²) in [5.41, 5.74) is 0.754. The summed E-state index contributed by atoms with van der Waals surface area (Å²) in [7, 11) is 0. The van der Waals surface area contributed by atoms with Gasteiger partial charge in [-0.15, -0.1) is 0 Å². The number of carbonyl (C=O) groups is 1. The Morgan fingerprint density at radius 3 is 2.52 bits per heavy atom. The van der Waals surface area contributed by atoms with Crippen LogP contribution in [-0.4, -0.2) is 40.2 Å². The Balaban J connectivity index is 1.26. The number of rotatable bonds is 3. The Hall–Kier alpha value is -3.41. The number of hydrogen-bond donors (Lipinski definition) is 0. The smallest absolute Gasteiger partial charge is 0.246 e. The van der Waals surface area contributed by atoms with Gasteiger partial charge in [0.15, 0.2) is 0 Å². The van der Waals surface area contributed by atoms with Gasteiger partial charge in [0.25, 0.3) is 0 Å². The van der Waals surface area contributed by atoms with Gasteiger partial charge in [0.1, 0.15) is 23.4 Å². The molecule has 3 heterocycles. The van der Waals surface area contributed by atoms with Gasteiger partial charge in [-0.2, -0.15) is 10.4 Å². The number of carbonyl (C=O) groups excluding carboxylic acids is 1. The molecule has 1 aliphatic carbocycles. The average molecular weight is 422 g/mol. The number of benzene rings is 1. The summed E-state index contributed by atoms with van der Waals surface area (Å²) in [6.07, 6.45) is 5.11. The minimum Gasteiger partial charge on any atom is -0.340 e. The summed E-state index contributed by atoms with van der Waals surface area (Å²) in [6.45, 7) is 1.48. The lowest BCUT2D eigenvalue weighted by Gasteiger charge is -2.26. The van der Waals surface area contributed by atoms with Crippen LogP contribution in [0.5, 0.6) is 0 Å². The SMILES string of the molecule is N#Cc1ccnc(N2C[C@H]3C[C@@H](C(=O)N4N=CC[C@@H]4c4cc(F)cc(F)c4)C[C@H]3C2)n1. The molecule has 1 aromatic carbocycles. The summed E-state index contributed by atoms with van der Waals surface area (Å²) in [5.74, 6) is -0.361. The molecule has 0 N–H and O–H groups in total. The number of fused-ring (bicyclic) bond motifs is 1. The van der Waals surface area contributed by atoms with Crippen LogP contribution in [0.3, 0.4) is 0 Å². The first-order valence-electron chi connectivity index (χ1n) is 10.3. The highest BCUT2D eigenvalue weighted by atomic mass is 19.1. The molecule has 0 unspecified atom stereocenters. The van der Waals surface area contributed by atoms with Crippen LogP contribution < -0.4 is 4.90 Å². The number of anilines is 1. The predicted molar refractivity (Wildman–Crippen MR) is 108 cm³/mol. The molecule has 2 fully saturated rings. The third-order valence-electron chi connectivity index (χ3n) is 6.47. The predicted octanol–water partition coefficient (Wildman–Crippen LogP) is 3.05. The summed E-state index contributed by atoms with van der Waals surface area (Å²) in [5, 5.41) is 14.7. The van der Waals surface area contributed by atoms with Crippen molar-refractivity contribution < 1.29 is 13.6 Å². The van der Waals surface area contributed by atoms with Crippen molar-refractivity contribution in [1.82, 2.24) is 15.0 Å². The monoisotopic (exact) mass is 422 g/mol. The van der Waals surface area contributed by atoms with E-state index in [4.69, 9.17) is 5.26 Å². The van der Waals surface area contributed by atoms with E-state index in [-0.39, 0.29) is 11.8 Å². The Morgan fingerprint density at radius 2 is 1.84 bits per heavy atom. The lowest BCUT2D eigenvalue weighted by Crippen LogP contribution is -2.33. The largest absolute Gasteiger partial charge is 0.340 e. The second-order valence-corrected chi connectivity index (χ2v) is 8.38. The quantitative estimate of drug-likeness (QED) is 0.759. The number of aromatic nitrogens is 2. The lowest BCUT2D eigenvalue weighted by atomic mass is 10.0. The van der Waals surface area contributed by atoms with Gasteiger partial charge in [-0.1, -0.05) is 0 Å². The minimum absolute atomic E-state index is 0.0907. The molecule has 158 valence electrons. The van der Waals surface area contributed by atoms with Crippen molar-refractivity contribution in [2.45, 2.75) is 25.3 Å². The highest BCUT2D eigenvalue weighted by Gasteiger charge is 2.46. The second kappa shape index (κ2) is 7.69. The van der Waals surface area contributed by atoms with Crippen molar-refractivity contribution in [1.29, 1.82) is 5.26 Å². The zero-order valence-electron chi connectivity index (χ0n) is 16.7. The first kappa shape index (κ1) is 19.5. The molecule has 0 bridgehead atoms. The molecule has 31 heavy (non-hydrogen) atoms. The van der Waals surface area contributed by atoms with Gasteiger partial charge in [0.05, 0.1) is 6.04 Å². The zero-order chi connectivity index (χ0) is 21.5. The van der Waals surface area contributed by atoms with E-state index in [1.165, 1.54) is 17.1 Å².